The van der Waals surface area contributed by atoms with E-state index < -0.39 is 18.2 Å². The van der Waals surface area contributed by atoms with E-state index in [0.29, 0.717) is 25.9 Å². The minimum absolute atomic E-state index is 0.0263. The van der Waals surface area contributed by atoms with Crippen molar-refractivity contribution in [3.8, 4) is 5.75 Å². The zero-order valence-electron chi connectivity index (χ0n) is 24.6. The third-order valence-electron chi connectivity index (χ3n) is 8.21. The van der Waals surface area contributed by atoms with E-state index in [1.54, 1.807) is 19.1 Å². The first kappa shape index (κ1) is 30.8. The standard InChI is InChI=1S/C33H45N3O5/c1-4-5-7-15-32(38)36(2)29-14-10-11-18-41-31-21-27(26-20-24(40-3)16-17-25(26)31)34-22-30(37)28(35-33(29)39)19-23-12-8-6-9-13-23/h6,8-13,16-17,20,27-31,34,37H,4-5,7,14-15,18-19,21-22H2,1-3H3,(H,35,39)/b11-10+/t27-,28-,29-,30+,31+/m0/s1. The largest absolute Gasteiger partial charge is 0.497 e. The molecule has 2 aromatic rings. The van der Waals surface area contributed by atoms with E-state index in [2.05, 4.69) is 23.6 Å². The first-order valence-electron chi connectivity index (χ1n) is 14.9. The molecule has 0 fully saturated rings. The number of methoxy groups -OCH3 is 1. The molecular weight excluding hydrogens is 518 g/mol. The monoisotopic (exact) mass is 563 g/mol. The van der Waals surface area contributed by atoms with Crippen LogP contribution < -0.4 is 15.4 Å². The minimum Gasteiger partial charge on any atom is -0.497 e. The smallest absolute Gasteiger partial charge is 0.243 e. The van der Waals surface area contributed by atoms with Gasteiger partial charge in [-0.15, -0.1) is 0 Å². The Balaban J connectivity index is 1.60. The third kappa shape index (κ3) is 8.18. The maximum absolute atomic E-state index is 13.7. The maximum Gasteiger partial charge on any atom is 0.243 e. The number of fused-ring (bicyclic) bond motifs is 5. The molecule has 1 heterocycles. The summed E-state index contributed by atoms with van der Waals surface area (Å²) < 4.78 is 11.7. The Kier molecular flexibility index (Phi) is 11.4. The van der Waals surface area contributed by atoms with Crippen LogP contribution >= 0.6 is 0 Å². The molecule has 8 heteroatoms. The number of aliphatic hydroxyl groups is 1. The molecule has 1 aliphatic heterocycles. The number of unbranched alkanes of at least 4 members (excludes halogenated alkanes) is 2. The Morgan fingerprint density at radius 3 is 2.68 bits per heavy atom. The molecule has 2 aliphatic rings. The number of nitrogens with one attached hydrogen (secondary N) is 2. The number of benzene rings is 2. The van der Waals surface area contributed by atoms with Gasteiger partial charge in [0.25, 0.3) is 0 Å². The summed E-state index contributed by atoms with van der Waals surface area (Å²) in [5, 5.41) is 18.1. The zero-order chi connectivity index (χ0) is 29.2. The third-order valence-corrected chi connectivity index (χ3v) is 8.21. The van der Waals surface area contributed by atoms with Gasteiger partial charge in [0.2, 0.25) is 11.8 Å². The van der Waals surface area contributed by atoms with Gasteiger partial charge in [-0.05, 0) is 54.5 Å². The van der Waals surface area contributed by atoms with E-state index in [-0.39, 0.29) is 30.5 Å². The number of hydrogen-bond donors (Lipinski definition) is 3. The van der Waals surface area contributed by atoms with Crippen molar-refractivity contribution in [2.24, 2.45) is 0 Å². The SMILES string of the molecule is CCCCCC(=O)N(C)[C@H]1C/C=C/CO[C@@H]2C[C@H](NC[C@@H](O)[C@H](Cc3ccccc3)NC1=O)c1cc(OC)ccc12. The summed E-state index contributed by atoms with van der Waals surface area (Å²) >= 11 is 0. The Bertz CT molecular complexity index is 1170. The molecule has 5 atom stereocenters. The lowest BCUT2D eigenvalue weighted by Crippen LogP contribution is -2.55. The topological polar surface area (TPSA) is 100 Å². The van der Waals surface area contributed by atoms with Crippen molar-refractivity contribution in [1.29, 1.82) is 0 Å². The molecule has 1 aliphatic carbocycles. The summed E-state index contributed by atoms with van der Waals surface area (Å²) in [6, 6.07) is 14.6. The maximum atomic E-state index is 13.7. The number of nitrogens with zero attached hydrogens (tertiary/aromatic N) is 1. The molecule has 0 aromatic heterocycles. The fourth-order valence-corrected chi connectivity index (χ4v) is 5.71. The van der Waals surface area contributed by atoms with Gasteiger partial charge in [-0.3, -0.25) is 9.59 Å². The quantitative estimate of drug-likeness (QED) is 0.328. The summed E-state index contributed by atoms with van der Waals surface area (Å²) in [6.45, 7) is 2.77. The van der Waals surface area contributed by atoms with Gasteiger partial charge in [0.1, 0.15) is 11.8 Å². The van der Waals surface area contributed by atoms with Gasteiger partial charge in [0.05, 0.1) is 32.0 Å². The van der Waals surface area contributed by atoms with Crippen molar-refractivity contribution >= 4 is 11.8 Å². The van der Waals surface area contributed by atoms with Crippen molar-refractivity contribution in [2.45, 2.75) is 82.2 Å². The molecule has 8 nitrogen and oxygen atoms in total. The first-order chi connectivity index (χ1) is 19.9. The normalized spacial score (nSPS) is 25.8. The average Bonchev–Trinajstić information content (AvgIpc) is 3.33. The molecule has 0 saturated carbocycles. The Morgan fingerprint density at radius 2 is 1.93 bits per heavy atom. The van der Waals surface area contributed by atoms with Crippen LogP contribution in [-0.4, -0.2) is 67.3 Å². The number of amides is 2. The van der Waals surface area contributed by atoms with Crippen molar-refractivity contribution in [3.05, 3.63) is 77.4 Å². The van der Waals surface area contributed by atoms with E-state index in [1.165, 1.54) is 0 Å². The fraction of sp³-hybridized carbons (Fsp3) is 0.515. The van der Waals surface area contributed by atoms with Crippen molar-refractivity contribution in [1.82, 2.24) is 15.5 Å². The molecular formula is C33H45N3O5. The summed E-state index contributed by atoms with van der Waals surface area (Å²) in [5.41, 5.74) is 3.23. The van der Waals surface area contributed by atoms with Crippen LogP contribution in [0.2, 0.25) is 0 Å². The highest BCUT2D eigenvalue weighted by Crippen LogP contribution is 2.42. The highest BCUT2D eigenvalue weighted by molar-refractivity contribution is 5.88. The highest BCUT2D eigenvalue weighted by atomic mass is 16.5. The molecule has 222 valence electrons. The molecule has 41 heavy (non-hydrogen) atoms. The highest BCUT2D eigenvalue weighted by Gasteiger charge is 2.34. The van der Waals surface area contributed by atoms with Crippen LogP contribution in [0.15, 0.2) is 60.7 Å². The van der Waals surface area contributed by atoms with Crippen LogP contribution in [0.25, 0.3) is 0 Å². The lowest BCUT2D eigenvalue weighted by atomic mass is 9.99. The minimum atomic E-state index is -0.861. The van der Waals surface area contributed by atoms with Crippen LogP contribution in [0.1, 0.15) is 74.3 Å². The Labute approximate surface area is 244 Å². The predicted octanol–water partition coefficient (Wildman–Crippen LogP) is 4.24. The summed E-state index contributed by atoms with van der Waals surface area (Å²) in [4.78, 5) is 28.3. The molecule has 4 rings (SSSR count). The van der Waals surface area contributed by atoms with E-state index >= 15 is 0 Å². The number of hydrogen-bond acceptors (Lipinski definition) is 6. The van der Waals surface area contributed by atoms with E-state index in [0.717, 1.165) is 48.1 Å². The van der Waals surface area contributed by atoms with Gasteiger partial charge in [-0.2, -0.15) is 0 Å². The lowest BCUT2D eigenvalue weighted by molar-refractivity contribution is -0.139. The fourth-order valence-electron chi connectivity index (χ4n) is 5.71. The molecule has 0 radical (unpaired) electrons. The molecule has 0 saturated heterocycles. The van der Waals surface area contributed by atoms with Crippen LogP contribution in [-0.2, 0) is 20.7 Å². The van der Waals surface area contributed by atoms with Crippen molar-refractivity contribution < 1.29 is 24.2 Å². The van der Waals surface area contributed by atoms with E-state index in [9.17, 15) is 14.7 Å². The van der Waals surface area contributed by atoms with Gasteiger partial charge in [-0.1, -0.05) is 68.3 Å². The van der Waals surface area contributed by atoms with Crippen LogP contribution in [0, 0.1) is 0 Å². The van der Waals surface area contributed by atoms with Gasteiger partial charge >= 0.3 is 0 Å². The van der Waals surface area contributed by atoms with Gasteiger partial charge < -0.3 is 30.1 Å². The van der Waals surface area contributed by atoms with Gasteiger partial charge in [0, 0.05) is 26.1 Å². The number of ether oxygens (including phenoxy) is 2. The summed E-state index contributed by atoms with van der Waals surface area (Å²) in [6.07, 6.45) is 7.65. The second-order valence-electron chi connectivity index (χ2n) is 11.1. The van der Waals surface area contributed by atoms with E-state index in [4.69, 9.17) is 9.47 Å². The number of carbonyl (C=O) groups excluding carboxylic acids is 2. The Morgan fingerprint density at radius 1 is 1.12 bits per heavy atom. The van der Waals surface area contributed by atoms with Crippen LogP contribution in [0.3, 0.4) is 0 Å². The first-order valence-corrected chi connectivity index (χ1v) is 14.9. The predicted molar refractivity (Wildman–Crippen MR) is 160 cm³/mol. The molecule has 2 amide bonds. The average molecular weight is 564 g/mol. The van der Waals surface area contributed by atoms with Crippen LogP contribution in [0.5, 0.6) is 5.75 Å². The molecule has 0 unspecified atom stereocenters. The second-order valence-corrected chi connectivity index (χ2v) is 11.1. The molecule has 3 N–H and O–H groups in total. The molecule has 2 aromatic carbocycles. The molecule has 0 spiro atoms. The Hall–Kier alpha value is -3.20. The molecule has 2 bridgehead atoms. The van der Waals surface area contributed by atoms with Crippen molar-refractivity contribution in [2.75, 3.05) is 27.3 Å². The van der Waals surface area contributed by atoms with Gasteiger partial charge in [-0.25, -0.2) is 0 Å². The number of likely N-dealkylation sites (N-methyl/N-ethyl adjacent to an activating group) is 1. The second kappa shape index (κ2) is 15.1. The lowest BCUT2D eigenvalue weighted by Gasteiger charge is -2.31. The number of β-amino-alcohol motifs (C(OH)–C–C–N with tert-alkyl or cyclic N) is 1. The number of rotatable bonds is 8. The van der Waals surface area contributed by atoms with Crippen molar-refractivity contribution in [3.63, 3.8) is 0 Å². The van der Waals surface area contributed by atoms with Crippen LogP contribution in [0.4, 0.5) is 0 Å². The zero-order valence-corrected chi connectivity index (χ0v) is 24.6. The summed E-state index contributed by atoms with van der Waals surface area (Å²) in [7, 11) is 3.35. The van der Waals surface area contributed by atoms with E-state index in [1.807, 2.05) is 54.6 Å². The van der Waals surface area contributed by atoms with Gasteiger partial charge in [0.15, 0.2) is 0 Å². The summed E-state index contributed by atoms with van der Waals surface area (Å²) in [5.74, 6) is 0.459. The number of carbonyl (C=O) groups is 2. The number of aliphatic hydroxyl groups excluding tert-OH is 1.